The van der Waals surface area contributed by atoms with E-state index < -0.39 is 17.7 Å². The van der Waals surface area contributed by atoms with Gasteiger partial charge in [-0.15, -0.1) is 0 Å². The lowest BCUT2D eigenvalue weighted by Crippen LogP contribution is -2.53. The van der Waals surface area contributed by atoms with Gasteiger partial charge < -0.3 is 19.4 Å². The lowest BCUT2D eigenvalue weighted by molar-refractivity contribution is 0.00116. The van der Waals surface area contributed by atoms with Crippen molar-refractivity contribution in [2.45, 2.75) is 32.4 Å². The first-order chi connectivity index (χ1) is 11.7. The lowest BCUT2D eigenvalue weighted by atomic mass is 10.1. The van der Waals surface area contributed by atoms with Gasteiger partial charge in [-0.05, 0) is 39.0 Å². The van der Waals surface area contributed by atoms with Gasteiger partial charge in [-0.1, -0.05) is 0 Å². The van der Waals surface area contributed by atoms with Crippen molar-refractivity contribution in [2.24, 2.45) is 0 Å². The SMILES string of the molecule is COC(=O)c1ccc2[nH]c(=O)n(C3CN(C(=O)OC(C)(C)C)C3)c2c1. The van der Waals surface area contributed by atoms with Gasteiger partial charge in [-0.3, -0.25) is 4.57 Å². The van der Waals surface area contributed by atoms with E-state index in [1.807, 2.05) is 0 Å². The number of H-pyrrole nitrogens is 1. The monoisotopic (exact) mass is 347 g/mol. The highest BCUT2D eigenvalue weighted by atomic mass is 16.6. The summed E-state index contributed by atoms with van der Waals surface area (Å²) in [6, 6.07) is 4.72. The molecule has 0 spiro atoms. The summed E-state index contributed by atoms with van der Waals surface area (Å²) in [5, 5.41) is 0. The van der Waals surface area contributed by atoms with E-state index in [9.17, 15) is 14.4 Å². The van der Waals surface area contributed by atoms with Gasteiger partial charge in [0.25, 0.3) is 0 Å². The van der Waals surface area contributed by atoms with E-state index in [0.717, 1.165) is 0 Å². The number of hydrogen-bond acceptors (Lipinski definition) is 5. The number of methoxy groups -OCH3 is 1. The van der Waals surface area contributed by atoms with Crippen LogP contribution in [-0.2, 0) is 9.47 Å². The number of carbonyl (C=O) groups is 2. The second-order valence-corrected chi connectivity index (χ2v) is 7.06. The normalized spacial score (nSPS) is 15.1. The first-order valence-corrected chi connectivity index (χ1v) is 8.00. The standard InChI is InChI=1S/C17H21N3O5/c1-17(2,3)25-16(23)19-8-11(9-19)20-13-7-10(14(21)24-4)5-6-12(13)18-15(20)22/h5-7,11H,8-9H2,1-4H3,(H,18,22). The number of rotatable bonds is 2. The molecule has 1 fully saturated rings. The molecule has 1 saturated heterocycles. The molecule has 1 aliphatic rings. The van der Waals surface area contributed by atoms with Crippen LogP contribution in [0, 0.1) is 0 Å². The molecule has 8 nitrogen and oxygen atoms in total. The number of benzene rings is 1. The van der Waals surface area contributed by atoms with E-state index in [0.29, 0.717) is 29.7 Å². The number of imidazole rings is 1. The van der Waals surface area contributed by atoms with Crippen molar-refractivity contribution in [3.8, 4) is 0 Å². The molecule has 3 rings (SSSR count). The van der Waals surface area contributed by atoms with Gasteiger partial charge in [-0.2, -0.15) is 0 Å². The van der Waals surface area contributed by atoms with Gasteiger partial charge in [0.2, 0.25) is 0 Å². The Balaban J connectivity index is 1.83. The van der Waals surface area contributed by atoms with Crippen LogP contribution in [0.25, 0.3) is 11.0 Å². The molecule has 0 saturated carbocycles. The zero-order chi connectivity index (χ0) is 18.4. The molecule has 2 heterocycles. The van der Waals surface area contributed by atoms with Gasteiger partial charge in [-0.25, -0.2) is 14.4 Å². The predicted molar refractivity (Wildman–Crippen MR) is 90.7 cm³/mol. The summed E-state index contributed by atoms with van der Waals surface area (Å²) in [6.45, 7) is 6.18. The number of carbonyl (C=O) groups excluding carboxylic acids is 2. The third-order valence-corrected chi connectivity index (χ3v) is 4.02. The fourth-order valence-electron chi connectivity index (χ4n) is 2.82. The fraction of sp³-hybridized carbons (Fsp3) is 0.471. The zero-order valence-electron chi connectivity index (χ0n) is 14.7. The number of fused-ring (bicyclic) bond motifs is 1. The molecule has 1 N–H and O–H groups in total. The molecule has 0 atom stereocenters. The maximum atomic E-state index is 12.3. The number of likely N-dealkylation sites (tertiary alicyclic amines) is 1. The van der Waals surface area contributed by atoms with Crippen LogP contribution in [0.3, 0.4) is 0 Å². The van der Waals surface area contributed by atoms with Gasteiger partial charge in [0.15, 0.2) is 0 Å². The van der Waals surface area contributed by atoms with Gasteiger partial charge in [0.05, 0.1) is 29.7 Å². The number of amides is 1. The number of aromatic amines is 1. The molecule has 1 amide bonds. The number of hydrogen-bond donors (Lipinski definition) is 1. The summed E-state index contributed by atoms with van der Waals surface area (Å²) in [6.07, 6.45) is -0.396. The summed E-state index contributed by atoms with van der Waals surface area (Å²) in [7, 11) is 1.31. The molecule has 1 aliphatic heterocycles. The number of nitrogens with zero attached hydrogens (tertiary/aromatic N) is 2. The minimum absolute atomic E-state index is 0.165. The summed E-state index contributed by atoms with van der Waals surface area (Å²) in [5.41, 5.74) is 0.780. The largest absolute Gasteiger partial charge is 0.465 e. The Morgan fingerprint density at radius 3 is 2.52 bits per heavy atom. The van der Waals surface area contributed by atoms with E-state index in [1.54, 1.807) is 48.4 Å². The van der Waals surface area contributed by atoms with E-state index in [2.05, 4.69) is 4.98 Å². The highest BCUT2D eigenvalue weighted by molar-refractivity contribution is 5.93. The van der Waals surface area contributed by atoms with Crippen LogP contribution in [0.15, 0.2) is 23.0 Å². The van der Waals surface area contributed by atoms with Crippen LogP contribution < -0.4 is 5.69 Å². The van der Waals surface area contributed by atoms with Crippen molar-refractivity contribution in [1.82, 2.24) is 14.5 Å². The molecule has 0 radical (unpaired) electrons. The summed E-state index contributed by atoms with van der Waals surface area (Å²) < 4.78 is 11.6. The average Bonchev–Trinajstić information content (AvgIpc) is 2.79. The van der Waals surface area contributed by atoms with Gasteiger partial charge >= 0.3 is 17.8 Å². The number of aromatic nitrogens is 2. The van der Waals surface area contributed by atoms with E-state index in [4.69, 9.17) is 9.47 Å². The molecule has 0 bridgehead atoms. The van der Waals surface area contributed by atoms with E-state index in [-0.39, 0.29) is 11.7 Å². The Bertz CT molecular complexity index is 884. The minimum Gasteiger partial charge on any atom is -0.465 e. The average molecular weight is 347 g/mol. The summed E-state index contributed by atoms with van der Waals surface area (Å²) >= 11 is 0. The van der Waals surface area contributed by atoms with Gasteiger partial charge in [0.1, 0.15) is 5.60 Å². The number of esters is 1. The molecule has 0 unspecified atom stereocenters. The van der Waals surface area contributed by atoms with Crippen molar-refractivity contribution in [1.29, 1.82) is 0 Å². The molecule has 1 aromatic heterocycles. The highest BCUT2D eigenvalue weighted by Gasteiger charge is 2.36. The Kier molecular flexibility index (Phi) is 4.06. The predicted octanol–water partition coefficient (Wildman–Crippen LogP) is 1.91. The van der Waals surface area contributed by atoms with Crippen LogP contribution in [0.1, 0.15) is 37.2 Å². The minimum atomic E-state index is -0.560. The number of ether oxygens (including phenoxy) is 2. The summed E-state index contributed by atoms with van der Waals surface area (Å²) in [5.74, 6) is -0.467. The van der Waals surface area contributed by atoms with Crippen molar-refractivity contribution >= 4 is 23.1 Å². The molecular formula is C17H21N3O5. The second-order valence-electron chi connectivity index (χ2n) is 7.06. The quantitative estimate of drug-likeness (QED) is 0.838. The second kappa shape index (κ2) is 5.94. The molecule has 25 heavy (non-hydrogen) atoms. The Morgan fingerprint density at radius 2 is 1.92 bits per heavy atom. The first-order valence-electron chi connectivity index (χ1n) is 8.00. The fourth-order valence-corrected chi connectivity index (χ4v) is 2.82. The van der Waals surface area contributed by atoms with Crippen LogP contribution >= 0.6 is 0 Å². The van der Waals surface area contributed by atoms with E-state index >= 15 is 0 Å². The van der Waals surface area contributed by atoms with Crippen LogP contribution in [-0.4, -0.2) is 52.3 Å². The maximum Gasteiger partial charge on any atom is 0.410 e. The third kappa shape index (κ3) is 3.24. The Hall–Kier alpha value is -2.77. The van der Waals surface area contributed by atoms with Crippen LogP contribution in [0.4, 0.5) is 4.79 Å². The first kappa shape index (κ1) is 17.1. The van der Waals surface area contributed by atoms with Crippen molar-refractivity contribution in [3.63, 3.8) is 0 Å². The topological polar surface area (TPSA) is 93.6 Å². The Morgan fingerprint density at radius 1 is 1.24 bits per heavy atom. The highest BCUT2D eigenvalue weighted by Crippen LogP contribution is 2.26. The molecular weight excluding hydrogens is 326 g/mol. The zero-order valence-corrected chi connectivity index (χ0v) is 14.7. The third-order valence-electron chi connectivity index (χ3n) is 4.02. The van der Waals surface area contributed by atoms with Gasteiger partial charge in [0, 0.05) is 13.1 Å². The molecule has 0 aliphatic carbocycles. The lowest BCUT2D eigenvalue weighted by Gasteiger charge is -2.40. The Labute approximate surface area is 144 Å². The summed E-state index contributed by atoms with van der Waals surface area (Å²) in [4.78, 5) is 40.3. The van der Waals surface area contributed by atoms with E-state index in [1.165, 1.54) is 7.11 Å². The maximum absolute atomic E-state index is 12.3. The molecule has 134 valence electrons. The number of nitrogens with one attached hydrogen (secondary N) is 1. The molecule has 8 heteroatoms. The smallest absolute Gasteiger partial charge is 0.410 e. The molecule has 2 aromatic rings. The van der Waals surface area contributed by atoms with Crippen LogP contribution in [0.2, 0.25) is 0 Å². The van der Waals surface area contributed by atoms with Crippen molar-refractivity contribution in [3.05, 3.63) is 34.2 Å². The van der Waals surface area contributed by atoms with Crippen LogP contribution in [0.5, 0.6) is 0 Å². The van der Waals surface area contributed by atoms with Crippen molar-refractivity contribution in [2.75, 3.05) is 20.2 Å². The molecule has 1 aromatic carbocycles. The van der Waals surface area contributed by atoms with Crippen molar-refractivity contribution < 1.29 is 19.1 Å².